The number of benzene rings is 5. The van der Waals surface area contributed by atoms with Gasteiger partial charge >= 0.3 is 0 Å². The van der Waals surface area contributed by atoms with Crippen LogP contribution in [0.2, 0.25) is 0 Å². The predicted octanol–water partition coefficient (Wildman–Crippen LogP) is 9.58. The summed E-state index contributed by atoms with van der Waals surface area (Å²) in [5.41, 5.74) is 6.48. The normalized spacial score (nSPS) is 9.85. The number of hydrogen-bond donors (Lipinski definition) is 0. The first kappa shape index (κ1) is 27.5. The van der Waals surface area contributed by atoms with Crippen LogP contribution in [-0.2, 0) is 17.1 Å². The molecule has 0 aliphatic heterocycles. The van der Waals surface area contributed by atoms with Gasteiger partial charge in [-0.2, -0.15) is 30.3 Å². The van der Waals surface area contributed by atoms with Gasteiger partial charge in [0.15, 0.2) is 0 Å². The maximum Gasteiger partial charge on any atom is 0.0393 e. The second-order valence-electron chi connectivity index (χ2n) is 9.42. The molecule has 0 amide bonds. The minimum absolute atomic E-state index is 0. The van der Waals surface area contributed by atoms with E-state index in [1.165, 1.54) is 11.1 Å². The molecule has 7 aromatic carbocycles. The Labute approximate surface area is 252 Å². The van der Waals surface area contributed by atoms with Gasteiger partial charge in [-0.15, -0.1) is 29.8 Å². The summed E-state index contributed by atoms with van der Waals surface area (Å²) in [6, 6.07) is 53.9. The summed E-state index contributed by atoms with van der Waals surface area (Å²) in [6.07, 6.45) is 0. The van der Waals surface area contributed by atoms with Crippen LogP contribution in [0.15, 0.2) is 158 Å². The summed E-state index contributed by atoms with van der Waals surface area (Å²) >= 11 is 0. The van der Waals surface area contributed by atoms with Gasteiger partial charge in [-0.3, -0.25) is 0 Å². The van der Waals surface area contributed by atoms with Crippen LogP contribution in [0.1, 0.15) is 22.3 Å². The molecule has 0 aromatic heterocycles. The van der Waals surface area contributed by atoms with Crippen molar-refractivity contribution in [2.75, 3.05) is 0 Å². The van der Waals surface area contributed by atoms with Crippen LogP contribution in [0.4, 0.5) is 0 Å². The van der Waals surface area contributed by atoms with E-state index in [9.17, 15) is 0 Å². The third kappa shape index (κ3) is 6.41. The van der Waals surface area contributed by atoms with E-state index in [-0.39, 0.29) is 17.1 Å². The van der Waals surface area contributed by atoms with Crippen molar-refractivity contribution in [2.45, 2.75) is 0 Å². The number of hydrogen-bond acceptors (Lipinski definition) is 0. The maximum atomic E-state index is 3.52. The van der Waals surface area contributed by atoms with E-state index in [1.54, 1.807) is 0 Å². The zero-order valence-corrected chi connectivity index (χ0v) is 23.5. The Bertz CT molecular complexity index is 1960. The van der Waals surface area contributed by atoms with E-state index in [0.29, 0.717) is 0 Å². The molecule has 0 aliphatic carbocycles. The van der Waals surface area contributed by atoms with Gasteiger partial charge in [0.1, 0.15) is 0 Å². The standard InChI is InChI=1S/C35H21.C5H5.Fe/c1-3-11-26(12-4-1)19-22-32-30-17-9-10-18-31(30)33(23-20-27-13-5-2-6-14-27)35-25-29(21-24-34(32)35)28-15-7-8-16-28;1-2-4-5-3-1;/h1-18,21,24-25H;1-5H;/q2*-1;. The SMILES string of the molecule is C(#Cc1c2ccccc2c(C#Cc2ccccc2)c2cc(-[c-]3cccc3)ccc12)c1ccccc1.[Fe].c1cc[cH-]c1. The van der Waals surface area contributed by atoms with E-state index in [1.807, 2.05) is 91.0 Å². The molecule has 0 bridgehead atoms. The van der Waals surface area contributed by atoms with Gasteiger partial charge in [0.25, 0.3) is 0 Å². The third-order valence-electron chi connectivity index (χ3n) is 6.79. The molecule has 41 heavy (non-hydrogen) atoms. The Hall–Kier alpha value is -5.04. The van der Waals surface area contributed by atoms with E-state index in [0.717, 1.165) is 43.8 Å². The minimum atomic E-state index is 0. The first-order chi connectivity index (χ1) is 19.9. The van der Waals surface area contributed by atoms with Crippen LogP contribution in [0.5, 0.6) is 0 Å². The quantitative estimate of drug-likeness (QED) is 0.0809. The number of fused-ring (bicyclic) bond motifs is 2. The zero-order chi connectivity index (χ0) is 27.0. The Balaban J connectivity index is 0.000000510. The van der Waals surface area contributed by atoms with Crippen molar-refractivity contribution in [3.63, 3.8) is 0 Å². The monoisotopic (exact) mass is 562 g/mol. The molecule has 0 radical (unpaired) electrons. The molecule has 0 aliphatic rings. The fourth-order valence-electron chi connectivity index (χ4n) is 4.83. The van der Waals surface area contributed by atoms with Crippen molar-refractivity contribution in [3.05, 3.63) is 180 Å². The summed E-state index contributed by atoms with van der Waals surface area (Å²) in [6.45, 7) is 0. The fourth-order valence-corrected chi connectivity index (χ4v) is 4.83. The van der Waals surface area contributed by atoms with Gasteiger partial charge < -0.3 is 0 Å². The summed E-state index contributed by atoms with van der Waals surface area (Å²) < 4.78 is 0. The van der Waals surface area contributed by atoms with Crippen LogP contribution in [-0.4, -0.2) is 0 Å². The smallest absolute Gasteiger partial charge is 0.0393 e. The first-order valence-electron chi connectivity index (χ1n) is 13.4. The number of rotatable bonds is 1. The van der Waals surface area contributed by atoms with Crippen LogP contribution in [0, 0.1) is 23.7 Å². The molecule has 7 rings (SSSR count). The summed E-state index contributed by atoms with van der Waals surface area (Å²) in [4.78, 5) is 0. The molecule has 0 atom stereocenters. The Morgan fingerprint density at radius 2 is 0.927 bits per heavy atom. The molecule has 1 heteroatoms. The van der Waals surface area contributed by atoms with Crippen LogP contribution >= 0.6 is 0 Å². The van der Waals surface area contributed by atoms with Crippen molar-refractivity contribution >= 4 is 21.5 Å². The average molecular weight is 562 g/mol. The van der Waals surface area contributed by atoms with Crippen molar-refractivity contribution < 1.29 is 17.1 Å². The molecular formula is C40H26Fe-2. The van der Waals surface area contributed by atoms with Crippen LogP contribution in [0.3, 0.4) is 0 Å². The van der Waals surface area contributed by atoms with Crippen LogP contribution < -0.4 is 0 Å². The van der Waals surface area contributed by atoms with Gasteiger partial charge in [-0.25, -0.2) is 12.1 Å². The molecule has 0 fully saturated rings. The van der Waals surface area contributed by atoms with Gasteiger partial charge in [0, 0.05) is 39.3 Å². The Kier molecular flexibility index (Phi) is 8.96. The molecule has 0 N–H and O–H groups in total. The van der Waals surface area contributed by atoms with E-state index < -0.39 is 0 Å². The molecule has 196 valence electrons. The summed E-state index contributed by atoms with van der Waals surface area (Å²) in [5, 5.41) is 4.50. The second-order valence-corrected chi connectivity index (χ2v) is 9.42. The van der Waals surface area contributed by atoms with E-state index in [4.69, 9.17) is 0 Å². The van der Waals surface area contributed by atoms with Crippen molar-refractivity contribution in [3.8, 4) is 34.8 Å². The Morgan fingerprint density at radius 3 is 1.44 bits per heavy atom. The molecule has 0 spiro atoms. The molecule has 0 saturated carbocycles. The molecule has 0 heterocycles. The third-order valence-corrected chi connectivity index (χ3v) is 6.79. The average Bonchev–Trinajstić information content (AvgIpc) is 3.78. The molecular weight excluding hydrogens is 536 g/mol. The van der Waals surface area contributed by atoms with Crippen LogP contribution in [0.25, 0.3) is 32.7 Å². The van der Waals surface area contributed by atoms with Crippen molar-refractivity contribution in [1.82, 2.24) is 0 Å². The van der Waals surface area contributed by atoms with E-state index >= 15 is 0 Å². The van der Waals surface area contributed by atoms with Gasteiger partial charge in [0.2, 0.25) is 0 Å². The van der Waals surface area contributed by atoms with Gasteiger partial charge in [-0.05, 0) is 45.8 Å². The van der Waals surface area contributed by atoms with E-state index in [2.05, 4.69) is 90.4 Å². The topological polar surface area (TPSA) is 0 Å². The minimum Gasteiger partial charge on any atom is -0.214 e. The molecule has 0 nitrogen and oxygen atoms in total. The Morgan fingerprint density at radius 1 is 0.439 bits per heavy atom. The largest absolute Gasteiger partial charge is 0.214 e. The maximum absolute atomic E-state index is 3.52. The second kappa shape index (κ2) is 13.3. The van der Waals surface area contributed by atoms with Gasteiger partial charge in [0.05, 0.1) is 0 Å². The predicted molar refractivity (Wildman–Crippen MR) is 169 cm³/mol. The summed E-state index contributed by atoms with van der Waals surface area (Å²) in [7, 11) is 0. The zero-order valence-electron chi connectivity index (χ0n) is 22.4. The van der Waals surface area contributed by atoms with Crippen molar-refractivity contribution in [2.24, 2.45) is 0 Å². The molecule has 0 unspecified atom stereocenters. The summed E-state index contributed by atoms with van der Waals surface area (Å²) in [5.74, 6) is 13.8. The van der Waals surface area contributed by atoms with Crippen molar-refractivity contribution in [1.29, 1.82) is 0 Å². The molecule has 7 aromatic rings. The van der Waals surface area contributed by atoms with Gasteiger partial charge in [-0.1, -0.05) is 96.0 Å². The first-order valence-corrected chi connectivity index (χ1v) is 13.4. The fraction of sp³-hybridized carbons (Fsp3) is 0. The molecule has 0 saturated heterocycles.